The van der Waals surface area contributed by atoms with Crippen molar-refractivity contribution in [2.75, 3.05) is 17.2 Å². The number of carbonyl (C=O) groups is 1. The molecule has 17 heavy (non-hydrogen) atoms. The number of amides is 1. The monoisotopic (exact) mass is 255 g/mol. The van der Waals surface area contributed by atoms with Crippen LogP contribution in [-0.2, 0) is 14.8 Å². The molecular formula is C11H13NO4S. The van der Waals surface area contributed by atoms with E-state index in [2.05, 4.69) is 0 Å². The predicted octanol–water partition coefficient (Wildman–Crippen LogP) is 1.01. The van der Waals surface area contributed by atoms with Crippen LogP contribution in [0.5, 0.6) is 5.75 Å². The van der Waals surface area contributed by atoms with Crippen molar-refractivity contribution in [2.45, 2.75) is 6.92 Å². The Balaban J connectivity index is 2.48. The second-order valence-corrected chi connectivity index (χ2v) is 5.85. The zero-order valence-corrected chi connectivity index (χ0v) is 10.4. The third kappa shape index (κ3) is 2.00. The van der Waals surface area contributed by atoms with Crippen LogP contribution in [-0.4, -0.2) is 27.2 Å². The van der Waals surface area contributed by atoms with Crippen LogP contribution in [0.4, 0.5) is 5.69 Å². The van der Waals surface area contributed by atoms with E-state index in [-0.39, 0.29) is 5.75 Å². The summed E-state index contributed by atoms with van der Waals surface area (Å²) in [6.45, 7) is 1.61. The van der Waals surface area contributed by atoms with Crippen molar-refractivity contribution < 1.29 is 17.9 Å². The highest BCUT2D eigenvalue weighted by Crippen LogP contribution is 2.30. The van der Waals surface area contributed by atoms with Gasteiger partial charge in [-0.2, -0.15) is 0 Å². The fraction of sp³-hybridized carbons (Fsp3) is 0.364. The number of benzene rings is 1. The lowest BCUT2D eigenvalue weighted by molar-refractivity contribution is -0.119. The van der Waals surface area contributed by atoms with Crippen molar-refractivity contribution in [3.05, 3.63) is 24.3 Å². The van der Waals surface area contributed by atoms with Gasteiger partial charge in [-0.15, -0.1) is 0 Å². The first-order valence-electron chi connectivity index (χ1n) is 5.16. The summed E-state index contributed by atoms with van der Waals surface area (Å²) in [7, 11) is -2.05. The molecule has 1 fully saturated rings. The van der Waals surface area contributed by atoms with Gasteiger partial charge in [0.1, 0.15) is 5.75 Å². The van der Waals surface area contributed by atoms with Crippen LogP contribution in [0.25, 0.3) is 0 Å². The summed E-state index contributed by atoms with van der Waals surface area (Å²) in [5.41, 5.74) is 0.332. The summed E-state index contributed by atoms with van der Waals surface area (Å²) in [6, 6.07) is 6.46. The van der Waals surface area contributed by atoms with Gasteiger partial charge in [0.15, 0.2) is 0 Å². The Morgan fingerprint density at radius 1 is 1.41 bits per heavy atom. The molecule has 0 aliphatic carbocycles. The van der Waals surface area contributed by atoms with E-state index in [1.165, 1.54) is 13.2 Å². The van der Waals surface area contributed by atoms with Crippen LogP contribution >= 0.6 is 0 Å². The summed E-state index contributed by atoms with van der Waals surface area (Å²) < 4.78 is 29.6. The van der Waals surface area contributed by atoms with Gasteiger partial charge in [-0.05, 0) is 12.1 Å². The topological polar surface area (TPSA) is 63.7 Å². The second-order valence-electron chi connectivity index (χ2n) is 3.98. The van der Waals surface area contributed by atoms with Crippen LogP contribution in [0.15, 0.2) is 24.3 Å². The van der Waals surface area contributed by atoms with E-state index < -0.39 is 21.8 Å². The fourth-order valence-electron chi connectivity index (χ4n) is 1.82. The lowest BCUT2D eigenvalue weighted by atomic mass is 10.2. The Hall–Kier alpha value is -1.56. The van der Waals surface area contributed by atoms with E-state index in [0.717, 1.165) is 4.31 Å². The Morgan fingerprint density at radius 3 is 2.65 bits per heavy atom. The highest BCUT2D eigenvalue weighted by Gasteiger charge is 2.41. The number of anilines is 1. The van der Waals surface area contributed by atoms with Crippen molar-refractivity contribution >= 4 is 21.6 Å². The molecule has 0 N–H and O–H groups in total. The van der Waals surface area contributed by atoms with Crippen LogP contribution in [0.1, 0.15) is 6.92 Å². The average molecular weight is 255 g/mol. The van der Waals surface area contributed by atoms with Crippen molar-refractivity contribution in [3.63, 3.8) is 0 Å². The summed E-state index contributed by atoms with van der Waals surface area (Å²) in [5.74, 6) is -0.502. The molecule has 0 saturated carbocycles. The van der Waals surface area contributed by atoms with Gasteiger partial charge in [-0.1, -0.05) is 13.0 Å². The first-order chi connectivity index (χ1) is 7.95. The summed E-state index contributed by atoms with van der Waals surface area (Å²) in [4.78, 5) is 11.8. The molecule has 5 nitrogen and oxygen atoms in total. The fourth-order valence-corrected chi connectivity index (χ4v) is 3.64. The molecule has 2 rings (SSSR count). The number of sulfonamides is 1. The molecule has 1 aromatic rings. The van der Waals surface area contributed by atoms with E-state index in [1.807, 2.05) is 0 Å². The van der Waals surface area contributed by atoms with Gasteiger partial charge in [0, 0.05) is 6.07 Å². The molecule has 1 unspecified atom stereocenters. The Morgan fingerprint density at radius 2 is 2.12 bits per heavy atom. The van der Waals surface area contributed by atoms with Gasteiger partial charge < -0.3 is 4.74 Å². The number of ether oxygens (including phenoxy) is 1. The molecule has 6 heteroatoms. The van der Waals surface area contributed by atoms with Crippen molar-refractivity contribution in [1.29, 1.82) is 0 Å². The lowest BCUT2D eigenvalue weighted by Crippen LogP contribution is -2.30. The number of carbonyl (C=O) groups excluding carboxylic acids is 1. The van der Waals surface area contributed by atoms with E-state index in [1.54, 1.807) is 25.1 Å². The van der Waals surface area contributed by atoms with Crippen molar-refractivity contribution in [3.8, 4) is 5.75 Å². The molecule has 1 aliphatic heterocycles. The van der Waals surface area contributed by atoms with Crippen LogP contribution in [0, 0.1) is 5.92 Å². The van der Waals surface area contributed by atoms with Crippen molar-refractivity contribution in [2.24, 2.45) is 5.92 Å². The van der Waals surface area contributed by atoms with Gasteiger partial charge in [-0.25, -0.2) is 12.7 Å². The normalized spacial score (nSPS) is 22.8. The van der Waals surface area contributed by atoms with Crippen LogP contribution < -0.4 is 9.04 Å². The lowest BCUT2D eigenvalue weighted by Gasteiger charge is -2.15. The highest BCUT2D eigenvalue weighted by molar-refractivity contribution is 7.94. The molecule has 1 atom stereocenters. The first-order valence-corrected chi connectivity index (χ1v) is 6.77. The molecule has 0 spiro atoms. The number of rotatable bonds is 2. The maximum atomic E-state index is 11.8. The van der Waals surface area contributed by atoms with E-state index >= 15 is 0 Å². The third-order valence-electron chi connectivity index (χ3n) is 2.65. The zero-order valence-electron chi connectivity index (χ0n) is 9.58. The molecule has 92 valence electrons. The van der Waals surface area contributed by atoms with Gasteiger partial charge >= 0.3 is 0 Å². The highest BCUT2D eigenvalue weighted by atomic mass is 32.2. The SMILES string of the molecule is COc1cccc(N2C(=O)C(C)CS2(=O)=O)c1. The summed E-state index contributed by atoms with van der Waals surface area (Å²) in [5, 5.41) is 0. The Labute approximate surface area is 100 Å². The standard InChI is InChI=1S/C11H13NO4S/c1-8-7-17(14,15)12(11(8)13)9-4-3-5-10(6-9)16-2/h3-6,8H,7H2,1-2H3. The van der Waals surface area contributed by atoms with E-state index in [0.29, 0.717) is 11.4 Å². The number of methoxy groups -OCH3 is 1. The van der Waals surface area contributed by atoms with Crippen LogP contribution in [0.3, 0.4) is 0 Å². The second kappa shape index (κ2) is 4.03. The van der Waals surface area contributed by atoms with E-state index in [4.69, 9.17) is 4.74 Å². The smallest absolute Gasteiger partial charge is 0.244 e. The molecule has 0 bridgehead atoms. The van der Waals surface area contributed by atoms with Gasteiger partial charge in [0.25, 0.3) is 0 Å². The summed E-state index contributed by atoms with van der Waals surface area (Å²) in [6.07, 6.45) is 0. The maximum Gasteiger partial charge on any atom is 0.244 e. The molecule has 1 aliphatic rings. The largest absolute Gasteiger partial charge is 0.497 e. The number of hydrogen-bond acceptors (Lipinski definition) is 4. The van der Waals surface area contributed by atoms with Gasteiger partial charge in [-0.3, -0.25) is 4.79 Å². The van der Waals surface area contributed by atoms with Crippen molar-refractivity contribution in [1.82, 2.24) is 0 Å². The van der Waals surface area contributed by atoms with E-state index in [9.17, 15) is 13.2 Å². The first kappa shape index (κ1) is 11.9. The third-order valence-corrected chi connectivity index (χ3v) is 4.52. The molecule has 1 heterocycles. The number of hydrogen-bond donors (Lipinski definition) is 0. The molecular weight excluding hydrogens is 242 g/mol. The minimum absolute atomic E-state index is 0.136. The minimum Gasteiger partial charge on any atom is -0.497 e. The quantitative estimate of drug-likeness (QED) is 0.791. The number of nitrogens with zero attached hydrogens (tertiary/aromatic N) is 1. The molecule has 0 radical (unpaired) electrons. The Bertz CT molecular complexity index is 552. The van der Waals surface area contributed by atoms with Gasteiger partial charge in [0.2, 0.25) is 15.9 Å². The maximum absolute atomic E-state index is 11.8. The average Bonchev–Trinajstić information content (AvgIpc) is 2.48. The van der Waals surface area contributed by atoms with Crippen LogP contribution in [0.2, 0.25) is 0 Å². The van der Waals surface area contributed by atoms with Gasteiger partial charge in [0.05, 0.1) is 24.5 Å². The molecule has 1 amide bonds. The molecule has 1 aromatic carbocycles. The zero-order chi connectivity index (χ0) is 12.6. The summed E-state index contributed by atoms with van der Waals surface area (Å²) >= 11 is 0. The Kier molecular flexibility index (Phi) is 2.82. The minimum atomic E-state index is -3.54. The molecule has 1 saturated heterocycles. The predicted molar refractivity (Wildman–Crippen MR) is 63.4 cm³/mol. The molecule has 0 aromatic heterocycles.